The molecule has 0 radical (unpaired) electrons. The van der Waals surface area contributed by atoms with Gasteiger partial charge in [-0.25, -0.2) is 0 Å². The maximum atomic E-state index is 12.9. The zero-order valence-electron chi connectivity index (χ0n) is 18.8. The third-order valence-corrected chi connectivity index (χ3v) is 6.29. The highest BCUT2D eigenvalue weighted by Gasteiger charge is 2.40. The average Bonchev–Trinajstić information content (AvgIpc) is 3.13. The Hall–Kier alpha value is -3.82. The van der Waals surface area contributed by atoms with Gasteiger partial charge in [0, 0.05) is 49.7 Å². The van der Waals surface area contributed by atoms with Crippen LogP contribution in [-0.2, 0) is 25.7 Å². The van der Waals surface area contributed by atoms with Gasteiger partial charge in [-0.15, -0.1) is 0 Å². The average molecular weight is 466 g/mol. The van der Waals surface area contributed by atoms with E-state index in [1.54, 1.807) is 18.2 Å². The van der Waals surface area contributed by atoms with Crippen molar-refractivity contribution in [3.8, 4) is 0 Å². The maximum absolute atomic E-state index is 12.9. The fraction of sp³-hybridized carbons (Fsp3) is 0.417. The Bertz CT molecular complexity index is 1140. The van der Waals surface area contributed by atoms with Crippen LogP contribution in [0.25, 0.3) is 0 Å². The van der Waals surface area contributed by atoms with Gasteiger partial charge in [0.25, 0.3) is 5.91 Å². The number of ketones is 1. The molecule has 3 aliphatic rings. The molecule has 0 aromatic heterocycles. The second-order valence-corrected chi connectivity index (χ2v) is 8.64. The molecule has 10 nitrogen and oxygen atoms in total. The van der Waals surface area contributed by atoms with E-state index in [0.29, 0.717) is 23.4 Å². The van der Waals surface area contributed by atoms with Crippen LogP contribution in [0.4, 0.5) is 5.69 Å². The minimum absolute atomic E-state index is 0.0182. The van der Waals surface area contributed by atoms with E-state index in [0.717, 1.165) is 6.42 Å². The van der Waals surface area contributed by atoms with Gasteiger partial charge in [0.2, 0.25) is 17.7 Å². The smallest absolute Gasteiger partial charge is 0.255 e. The number of hydrogen-bond donors (Lipinski definition) is 3. The number of fused-ring (bicyclic) bond motifs is 1. The van der Waals surface area contributed by atoms with E-state index in [1.807, 2.05) is 6.92 Å². The van der Waals surface area contributed by atoms with E-state index in [1.165, 1.54) is 11.1 Å². The van der Waals surface area contributed by atoms with Crippen LogP contribution in [0.15, 0.2) is 34.5 Å². The third-order valence-electron chi connectivity index (χ3n) is 6.29. The Kier molecular flexibility index (Phi) is 6.58. The molecule has 3 N–H and O–H groups in total. The maximum Gasteiger partial charge on any atom is 0.255 e. The van der Waals surface area contributed by atoms with E-state index in [-0.39, 0.29) is 67.1 Å². The summed E-state index contributed by atoms with van der Waals surface area (Å²) in [6.07, 6.45) is 2.50. The van der Waals surface area contributed by atoms with Gasteiger partial charge in [0.1, 0.15) is 11.8 Å². The first-order chi connectivity index (χ1) is 16.3. The summed E-state index contributed by atoms with van der Waals surface area (Å²) < 4.78 is 0. The van der Waals surface area contributed by atoms with E-state index >= 15 is 0 Å². The van der Waals surface area contributed by atoms with Crippen molar-refractivity contribution in [2.45, 2.75) is 51.6 Å². The number of allylic oxidation sites excluding steroid dienone is 2. The molecule has 2 unspecified atom stereocenters. The van der Waals surface area contributed by atoms with Crippen LogP contribution < -0.4 is 10.6 Å². The quantitative estimate of drug-likeness (QED) is 0.428. The molecule has 10 heteroatoms. The third kappa shape index (κ3) is 4.48. The number of carbonyl (C=O) groups is 5. The van der Waals surface area contributed by atoms with Crippen LogP contribution in [0, 0.1) is 5.92 Å². The molecule has 4 amide bonds. The molecule has 178 valence electrons. The van der Waals surface area contributed by atoms with Gasteiger partial charge in [-0.1, -0.05) is 13.0 Å². The SMILES string of the molecule is CCCNC(=O)C1CC(=O)C(C=Nc2cccc3c2CN(C2CCC(=O)NC2=O)C3=O)=C(O)C1. The molecule has 0 bridgehead atoms. The van der Waals surface area contributed by atoms with Crippen LogP contribution in [0.2, 0.25) is 0 Å². The lowest BCUT2D eigenvalue weighted by Crippen LogP contribution is -2.52. The van der Waals surface area contributed by atoms with Gasteiger partial charge < -0.3 is 15.3 Å². The summed E-state index contributed by atoms with van der Waals surface area (Å²) in [7, 11) is 0. The van der Waals surface area contributed by atoms with Crippen molar-refractivity contribution in [1.82, 2.24) is 15.5 Å². The fourth-order valence-electron chi connectivity index (χ4n) is 4.46. The fourth-order valence-corrected chi connectivity index (χ4v) is 4.46. The molecule has 1 saturated heterocycles. The molecule has 1 aliphatic carbocycles. The largest absolute Gasteiger partial charge is 0.511 e. The Balaban J connectivity index is 1.53. The molecular weight excluding hydrogens is 440 g/mol. The predicted molar refractivity (Wildman–Crippen MR) is 121 cm³/mol. The van der Waals surface area contributed by atoms with Crippen molar-refractivity contribution in [2.75, 3.05) is 6.54 Å². The number of Topliss-reactive ketones (excluding diaryl/α,β-unsaturated/α-hetero) is 1. The summed E-state index contributed by atoms with van der Waals surface area (Å²) in [6.45, 7) is 2.58. The number of rotatable bonds is 6. The van der Waals surface area contributed by atoms with Gasteiger partial charge in [-0.05, 0) is 25.0 Å². The minimum atomic E-state index is -0.739. The molecule has 34 heavy (non-hydrogen) atoms. The summed E-state index contributed by atoms with van der Waals surface area (Å²) >= 11 is 0. The Morgan fingerprint density at radius 3 is 2.76 bits per heavy atom. The monoisotopic (exact) mass is 466 g/mol. The first-order valence-corrected chi connectivity index (χ1v) is 11.3. The molecule has 1 aromatic rings. The summed E-state index contributed by atoms with van der Waals surface area (Å²) in [6, 6.07) is 4.24. The summed E-state index contributed by atoms with van der Waals surface area (Å²) in [5.74, 6) is -2.61. The van der Waals surface area contributed by atoms with Crippen molar-refractivity contribution in [3.63, 3.8) is 0 Å². The summed E-state index contributed by atoms with van der Waals surface area (Å²) in [5, 5.41) is 15.4. The van der Waals surface area contributed by atoms with Gasteiger partial charge in [0.15, 0.2) is 5.78 Å². The number of imide groups is 1. The van der Waals surface area contributed by atoms with Crippen molar-refractivity contribution < 1.29 is 29.1 Å². The van der Waals surface area contributed by atoms with Crippen molar-refractivity contribution in [2.24, 2.45) is 10.9 Å². The number of benzene rings is 1. The normalized spacial score (nSPS) is 22.9. The lowest BCUT2D eigenvalue weighted by atomic mass is 9.87. The van der Waals surface area contributed by atoms with Crippen molar-refractivity contribution >= 4 is 41.3 Å². The van der Waals surface area contributed by atoms with Gasteiger partial charge in [-0.2, -0.15) is 0 Å². The molecule has 1 aromatic carbocycles. The molecule has 0 spiro atoms. The van der Waals surface area contributed by atoms with Crippen LogP contribution >= 0.6 is 0 Å². The lowest BCUT2D eigenvalue weighted by molar-refractivity contribution is -0.137. The number of aliphatic hydroxyl groups excluding tert-OH is 1. The molecule has 1 fully saturated rings. The zero-order valence-corrected chi connectivity index (χ0v) is 18.8. The van der Waals surface area contributed by atoms with E-state index in [2.05, 4.69) is 15.6 Å². The summed E-state index contributed by atoms with van der Waals surface area (Å²) in [5.41, 5.74) is 1.49. The molecular formula is C24H26N4O6. The van der Waals surface area contributed by atoms with Crippen molar-refractivity contribution in [3.05, 3.63) is 40.7 Å². The summed E-state index contributed by atoms with van der Waals surface area (Å²) in [4.78, 5) is 67.2. The van der Waals surface area contributed by atoms with Crippen LogP contribution in [0.1, 0.15) is 54.9 Å². The second kappa shape index (κ2) is 9.58. The lowest BCUT2D eigenvalue weighted by Gasteiger charge is -2.29. The number of carbonyl (C=O) groups excluding carboxylic acids is 5. The Morgan fingerprint density at radius 2 is 2.06 bits per heavy atom. The van der Waals surface area contributed by atoms with E-state index in [4.69, 9.17) is 0 Å². The molecule has 4 rings (SSSR count). The number of aliphatic hydroxyl groups is 1. The number of hydrogen-bond acceptors (Lipinski definition) is 7. The number of nitrogens with one attached hydrogen (secondary N) is 2. The van der Waals surface area contributed by atoms with Crippen LogP contribution in [0.3, 0.4) is 0 Å². The molecule has 2 aliphatic heterocycles. The van der Waals surface area contributed by atoms with Gasteiger partial charge >= 0.3 is 0 Å². The second-order valence-electron chi connectivity index (χ2n) is 8.64. The first-order valence-electron chi connectivity index (χ1n) is 11.3. The number of aliphatic imine (C=N–C) groups is 1. The standard InChI is InChI=1S/C24H26N4O6/c1-2-8-25-22(32)13-9-19(29)15(20(30)10-13)11-26-17-5-3-4-14-16(17)12-28(24(14)34)18-6-7-21(31)27-23(18)33/h3-5,11,13,18,29H,2,6-10,12H2,1H3,(H,25,32)(H,27,31,33). The highest BCUT2D eigenvalue weighted by molar-refractivity contribution is 6.16. The van der Waals surface area contributed by atoms with Crippen LogP contribution in [0.5, 0.6) is 0 Å². The van der Waals surface area contributed by atoms with Gasteiger partial charge in [-0.3, -0.25) is 34.3 Å². The molecule has 0 saturated carbocycles. The number of piperidine rings is 1. The van der Waals surface area contributed by atoms with E-state index in [9.17, 15) is 29.1 Å². The van der Waals surface area contributed by atoms with Crippen molar-refractivity contribution in [1.29, 1.82) is 0 Å². The molecule has 2 heterocycles. The van der Waals surface area contributed by atoms with E-state index < -0.39 is 17.9 Å². The Morgan fingerprint density at radius 1 is 1.26 bits per heavy atom. The predicted octanol–water partition coefficient (Wildman–Crippen LogP) is 1.47. The Labute approximate surface area is 196 Å². The highest BCUT2D eigenvalue weighted by atomic mass is 16.3. The topological polar surface area (TPSA) is 145 Å². The first kappa shape index (κ1) is 23.3. The zero-order chi connectivity index (χ0) is 24.4. The highest BCUT2D eigenvalue weighted by Crippen LogP contribution is 2.34. The minimum Gasteiger partial charge on any atom is -0.511 e. The number of amides is 4. The van der Waals surface area contributed by atoms with Gasteiger partial charge in [0.05, 0.1) is 17.2 Å². The molecule has 2 atom stereocenters. The number of nitrogens with zero attached hydrogens (tertiary/aromatic N) is 2. The van der Waals surface area contributed by atoms with Crippen LogP contribution in [-0.4, -0.2) is 58.2 Å².